The molecule has 5 nitrogen and oxygen atoms in total. The minimum atomic E-state index is -0.908. The molecule has 2 amide bonds. The van der Waals surface area contributed by atoms with Gasteiger partial charge in [-0.1, -0.05) is 0 Å². The summed E-state index contributed by atoms with van der Waals surface area (Å²) in [5, 5.41) is 5.26. The lowest BCUT2D eigenvalue weighted by Crippen LogP contribution is -2.28. The average molecular weight is 342 g/mol. The van der Waals surface area contributed by atoms with Crippen molar-refractivity contribution in [1.29, 1.82) is 0 Å². The maximum Gasteiger partial charge on any atom is 0.254 e. The van der Waals surface area contributed by atoms with Crippen molar-refractivity contribution >= 4 is 11.8 Å². The van der Waals surface area contributed by atoms with E-state index in [4.69, 9.17) is 4.74 Å². The van der Waals surface area contributed by atoms with Crippen LogP contribution < -0.4 is 10.6 Å². The summed E-state index contributed by atoms with van der Waals surface area (Å²) >= 11 is 0. The van der Waals surface area contributed by atoms with E-state index in [9.17, 15) is 18.4 Å². The van der Waals surface area contributed by atoms with Gasteiger partial charge in [0.05, 0.1) is 11.7 Å². The summed E-state index contributed by atoms with van der Waals surface area (Å²) in [5.41, 5.74) is -0.217. The van der Waals surface area contributed by atoms with Crippen molar-refractivity contribution in [3.63, 3.8) is 0 Å². The standard InChI is InChI=1S/C17H24F2N2O3/c1-12(2)24-10-4-9-20-16(22)5-3-8-21-17(23)14-7-6-13(18)11-15(14)19/h6-7,11-12H,3-5,8-10H2,1-2H3,(H,20,22)(H,21,23). The largest absolute Gasteiger partial charge is 0.379 e. The fraction of sp³-hybridized carbons (Fsp3) is 0.529. The summed E-state index contributed by atoms with van der Waals surface area (Å²) in [6, 6.07) is 2.77. The van der Waals surface area contributed by atoms with Gasteiger partial charge in [0, 0.05) is 32.2 Å². The summed E-state index contributed by atoms with van der Waals surface area (Å²) in [7, 11) is 0. The monoisotopic (exact) mass is 342 g/mol. The number of amides is 2. The van der Waals surface area contributed by atoms with Gasteiger partial charge in [0.15, 0.2) is 0 Å². The first-order valence-corrected chi connectivity index (χ1v) is 8.01. The molecule has 0 heterocycles. The zero-order valence-electron chi connectivity index (χ0n) is 14.0. The highest BCUT2D eigenvalue weighted by molar-refractivity contribution is 5.94. The van der Waals surface area contributed by atoms with Gasteiger partial charge in [-0.25, -0.2) is 8.78 Å². The van der Waals surface area contributed by atoms with Gasteiger partial charge >= 0.3 is 0 Å². The third-order valence-electron chi connectivity index (χ3n) is 3.14. The molecule has 0 atom stereocenters. The number of rotatable bonds is 10. The molecule has 0 aromatic heterocycles. The van der Waals surface area contributed by atoms with Crippen molar-refractivity contribution in [2.24, 2.45) is 0 Å². The second-order valence-electron chi connectivity index (χ2n) is 5.61. The van der Waals surface area contributed by atoms with E-state index in [1.165, 1.54) is 0 Å². The van der Waals surface area contributed by atoms with E-state index >= 15 is 0 Å². The molecule has 0 aliphatic rings. The molecule has 0 saturated heterocycles. The predicted octanol–water partition coefficient (Wildman–Crippen LogP) is 2.41. The van der Waals surface area contributed by atoms with Crippen LogP contribution in [0.1, 0.15) is 43.5 Å². The van der Waals surface area contributed by atoms with Crippen LogP contribution in [0.25, 0.3) is 0 Å². The molecule has 7 heteroatoms. The minimum absolute atomic E-state index is 0.109. The quantitative estimate of drug-likeness (QED) is 0.642. The third kappa shape index (κ3) is 8.01. The first-order chi connectivity index (χ1) is 11.4. The summed E-state index contributed by atoms with van der Waals surface area (Å²) in [6.45, 7) is 5.27. The molecular weight excluding hydrogens is 318 g/mol. The van der Waals surface area contributed by atoms with Gasteiger partial charge in [0.1, 0.15) is 11.6 Å². The first-order valence-electron chi connectivity index (χ1n) is 8.01. The Labute approximate surface area is 140 Å². The summed E-state index contributed by atoms with van der Waals surface area (Å²) < 4.78 is 31.5. The Hall–Kier alpha value is -2.02. The zero-order chi connectivity index (χ0) is 17.9. The molecule has 1 aromatic rings. The Kier molecular flexibility index (Phi) is 8.93. The maximum absolute atomic E-state index is 13.4. The van der Waals surface area contributed by atoms with E-state index in [1.807, 2.05) is 13.8 Å². The smallest absolute Gasteiger partial charge is 0.254 e. The fourth-order valence-corrected chi connectivity index (χ4v) is 1.93. The van der Waals surface area contributed by atoms with Crippen LogP contribution in [-0.4, -0.2) is 37.6 Å². The molecule has 1 rings (SSSR count). The zero-order valence-corrected chi connectivity index (χ0v) is 14.0. The molecule has 24 heavy (non-hydrogen) atoms. The van der Waals surface area contributed by atoms with Gasteiger partial charge < -0.3 is 15.4 Å². The van der Waals surface area contributed by atoms with Crippen LogP contribution in [0.2, 0.25) is 0 Å². The summed E-state index contributed by atoms with van der Waals surface area (Å²) in [6.07, 6.45) is 1.61. The minimum Gasteiger partial charge on any atom is -0.379 e. The van der Waals surface area contributed by atoms with Crippen molar-refractivity contribution in [2.75, 3.05) is 19.7 Å². The number of carbonyl (C=O) groups excluding carboxylic acids is 2. The van der Waals surface area contributed by atoms with Gasteiger partial charge in [-0.2, -0.15) is 0 Å². The van der Waals surface area contributed by atoms with Crippen LogP contribution in [0.5, 0.6) is 0 Å². The van der Waals surface area contributed by atoms with Crippen molar-refractivity contribution in [3.8, 4) is 0 Å². The molecule has 0 saturated carbocycles. The first kappa shape index (κ1) is 20.0. The van der Waals surface area contributed by atoms with E-state index in [-0.39, 0.29) is 30.5 Å². The predicted molar refractivity (Wildman–Crippen MR) is 86.6 cm³/mol. The number of halogens is 2. The lowest BCUT2D eigenvalue weighted by atomic mass is 10.2. The second-order valence-corrected chi connectivity index (χ2v) is 5.61. The van der Waals surface area contributed by atoms with Crippen LogP contribution in [0, 0.1) is 11.6 Å². The Morgan fingerprint density at radius 3 is 2.50 bits per heavy atom. The highest BCUT2D eigenvalue weighted by Gasteiger charge is 2.12. The number of hydrogen-bond acceptors (Lipinski definition) is 3. The highest BCUT2D eigenvalue weighted by atomic mass is 19.1. The molecule has 0 aliphatic carbocycles. The number of benzene rings is 1. The highest BCUT2D eigenvalue weighted by Crippen LogP contribution is 2.09. The number of nitrogens with one attached hydrogen (secondary N) is 2. The molecule has 0 spiro atoms. The number of ether oxygens (including phenoxy) is 1. The summed E-state index contributed by atoms with van der Waals surface area (Å²) in [5.74, 6) is -2.38. The van der Waals surface area contributed by atoms with Crippen molar-refractivity contribution < 1.29 is 23.1 Å². The van der Waals surface area contributed by atoms with Crippen molar-refractivity contribution in [3.05, 3.63) is 35.4 Å². The number of hydrogen-bond donors (Lipinski definition) is 2. The van der Waals surface area contributed by atoms with E-state index < -0.39 is 17.5 Å². The Morgan fingerprint density at radius 2 is 1.83 bits per heavy atom. The van der Waals surface area contributed by atoms with Gasteiger partial charge in [-0.05, 0) is 38.8 Å². The molecule has 0 bridgehead atoms. The third-order valence-corrected chi connectivity index (χ3v) is 3.14. The maximum atomic E-state index is 13.4. The fourth-order valence-electron chi connectivity index (χ4n) is 1.93. The average Bonchev–Trinajstić information content (AvgIpc) is 2.50. The van der Waals surface area contributed by atoms with Crippen LogP contribution in [0.4, 0.5) is 8.78 Å². The molecule has 0 aliphatic heterocycles. The van der Waals surface area contributed by atoms with Crippen LogP contribution >= 0.6 is 0 Å². The molecule has 0 fully saturated rings. The van der Waals surface area contributed by atoms with E-state index in [2.05, 4.69) is 10.6 Å². The summed E-state index contributed by atoms with van der Waals surface area (Å²) in [4.78, 5) is 23.3. The topological polar surface area (TPSA) is 67.4 Å². The Morgan fingerprint density at radius 1 is 1.12 bits per heavy atom. The van der Waals surface area contributed by atoms with Crippen LogP contribution in [-0.2, 0) is 9.53 Å². The molecule has 1 aromatic carbocycles. The Bertz CT molecular complexity index is 551. The van der Waals surface area contributed by atoms with E-state index in [1.54, 1.807) is 0 Å². The molecule has 134 valence electrons. The van der Waals surface area contributed by atoms with Gasteiger partial charge in [-0.3, -0.25) is 9.59 Å². The number of carbonyl (C=O) groups is 2. The normalized spacial score (nSPS) is 10.7. The van der Waals surface area contributed by atoms with Gasteiger partial charge in [-0.15, -0.1) is 0 Å². The van der Waals surface area contributed by atoms with Crippen LogP contribution in [0.15, 0.2) is 18.2 Å². The SMILES string of the molecule is CC(C)OCCCNC(=O)CCCNC(=O)c1ccc(F)cc1F. The molecule has 0 radical (unpaired) electrons. The molecular formula is C17H24F2N2O3. The van der Waals surface area contributed by atoms with Gasteiger partial charge in [0.2, 0.25) is 5.91 Å². The van der Waals surface area contributed by atoms with E-state index in [0.29, 0.717) is 25.6 Å². The molecule has 0 unspecified atom stereocenters. The van der Waals surface area contributed by atoms with Crippen molar-refractivity contribution in [2.45, 2.75) is 39.2 Å². The molecule has 2 N–H and O–H groups in total. The van der Waals surface area contributed by atoms with Gasteiger partial charge in [0.25, 0.3) is 5.91 Å². The van der Waals surface area contributed by atoms with Crippen molar-refractivity contribution in [1.82, 2.24) is 10.6 Å². The van der Waals surface area contributed by atoms with Crippen LogP contribution in [0.3, 0.4) is 0 Å². The second kappa shape index (κ2) is 10.7. The van der Waals surface area contributed by atoms with E-state index in [0.717, 1.165) is 18.6 Å². The lowest BCUT2D eigenvalue weighted by molar-refractivity contribution is -0.121. The lowest BCUT2D eigenvalue weighted by Gasteiger charge is -2.09. The Balaban J connectivity index is 2.14.